The van der Waals surface area contributed by atoms with Crippen LogP contribution in [0.2, 0.25) is 0 Å². The molecule has 0 aromatic carbocycles. The van der Waals surface area contributed by atoms with E-state index in [1.165, 1.54) is 18.0 Å². The summed E-state index contributed by atoms with van der Waals surface area (Å²) in [5.41, 5.74) is 5.23. The van der Waals surface area contributed by atoms with Crippen molar-refractivity contribution in [2.75, 3.05) is 13.7 Å². The molecule has 194 valence electrons. The van der Waals surface area contributed by atoms with Crippen molar-refractivity contribution in [3.8, 4) is 5.88 Å². The van der Waals surface area contributed by atoms with Gasteiger partial charge in [-0.05, 0) is 63.4 Å². The Hall–Kier alpha value is -3.04. The molecule has 10 heteroatoms. The number of nitrogens with zero attached hydrogens (tertiary/aromatic N) is 2. The minimum absolute atomic E-state index is 0.00637. The second-order valence-electron chi connectivity index (χ2n) is 10.7. The Labute approximate surface area is 207 Å². The highest BCUT2D eigenvalue weighted by Crippen LogP contribution is 2.43. The van der Waals surface area contributed by atoms with Gasteiger partial charge in [0.1, 0.15) is 5.56 Å². The third kappa shape index (κ3) is 6.76. The highest BCUT2D eigenvalue weighted by Gasteiger charge is 2.43. The molecule has 1 aromatic rings. The number of amides is 3. The van der Waals surface area contributed by atoms with Crippen LogP contribution in [0.25, 0.3) is 6.20 Å². The molecular formula is C25H39N5O5. The van der Waals surface area contributed by atoms with Crippen LogP contribution in [0.4, 0.5) is 4.79 Å². The molecule has 0 saturated heterocycles. The lowest BCUT2D eigenvalue weighted by molar-refractivity contribution is -0.124. The molecule has 0 aliphatic heterocycles. The zero-order valence-corrected chi connectivity index (χ0v) is 21.4. The van der Waals surface area contributed by atoms with Crippen LogP contribution in [0.3, 0.4) is 0 Å². The highest BCUT2D eigenvalue weighted by atomic mass is 16.5. The predicted molar refractivity (Wildman–Crippen MR) is 132 cm³/mol. The number of carbonyl (C=O) groups is 3. The standard InChI is InChI=1S/C25H39N5O5/c1-15(2)14-35-23-19(13-27-30(23)10-9-25(3,4)29-24(33)34-5)22(32)28-20-16-7-6-8-17(20)12-18(11-16)21(26)31/h9-10,13,15-18,20H,6-8,11-12,14H2,1-5H3,(H2,26,31)(H,28,32)(H,29,33). The van der Waals surface area contributed by atoms with Crippen molar-refractivity contribution in [3.63, 3.8) is 0 Å². The first kappa shape index (κ1) is 26.6. The molecule has 0 spiro atoms. The van der Waals surface area contributed by atoms with E-state index in [-0.39, 0.29) is 41.5 Å². The van der Waals surface area contributed by atoms with Gasteiger partial charge in [0.15, 0.2) is 0 Å². The Morgan fingerprint density at radius 3 is 2.49 bits per heavy atom. The molecule has 3 amide bonds. The van der Waals surface area contributed by atoms with Crippen LogP contribution in [0.15, 0.2) is 12.3 Å². The normalized spacial score (nSPS) is 24.3. The summed E-state index contributed by atoms with van der Waals surface area (Å²) >= 11 is 0. The number of nitrogens with two attached hydrogens (primary N) is 1. The average molecular weight is 490 g/mol. The number of aromatic nitrogens is 2. The number of fused-ring (bicyclic) bond motifs is 2. The van der Waals surface area contributed by atoms with E-state index >= 15 is 0 Å². The fraction of sp³-hybridized carbons (Fsp3) is 0.680. The number of methoxy groups -OCH3 is 1. The lowest BCUT2D eigenvalue weighted by Gasteiger charge is -2.45. The third-order valence-corrected chi connectivity index (χ3v) is 6.83. The van der Waals surface area contributed by atoms with Crippen LogP contribution >= 0.6 is 0 Å². The fourth-order valence-corrected chi connectivity index (χ4v) is 5.05. The third-order valence-electron chi connectivity index (χ3n) is 6.83. The smallest absolute Gasteiger partial charge is 0.407 e. The van der Waals surface area contributed by atoms with E-state index in [9.17, 15) is 14.4 Å². The summed E-state index contributed by atoms with van der Waals surface area (Å²) in [6.45, 7) is 8.09. The van der Waals surface area contributed by atoms with Crippen molar-refractivity contribution in [1.82, 2.24) is 20.4 Å². The quantitative estimate of drug-likeness (QED) is 0.488. The van der Waals surface area contributed by atoms with Gasteiger partial charge in [-0.1, -0.05) is 20.3 Å². The number of carbonyl (C=O) groups excluding carboxylic acids is 3. The molecule has 10 nitrogen and oxygen atoms in total. The summed E-state index contributed by atoms with van der Waals surface area (Å²) in [5.74, 6) is 0.478. The van der Waals surface area contributed by atoms with Crippen molar-refractivity contribution in [2.24, 2.45) is 29.4 Å². The van der Waals surface area contributed by atoms with Crippen LogP contribution in [-0.4, -0.2) is 53.0 Å². The maximum absolute atomic E-state index is 13.4. The number of primary amides is 1. The van der Waals surface area contributed by atoms with Gasteiger partial charge in [0.2, 0.25) is 11.8 Å². The zero-order valence-electron chi connectivity index (χ0n) is 21.4. The Kier molecular flexibility index (Phi) is 8.45. The molecule has 2 saturated carbocycles. The van der Waals surface area contributed by atoms with Crippen molar-refractivity contribution in [1.29, 1.82) is 0 Å². The number of hydrogen-bond acceptors (Lipinski definition) is 6. The summed E-state index contributed by atoms with van der Waals surface area (Å²) in [6, 6.07) is 0.00637. The number of hydrogen-bond donors (Lipinski definition) is 3. The monoisotopic (exact) mass is 489 g/mol. The topological polar surface area (TPSA) is 138 Å². The SMILES string of the molecule is COC(=O)NC(C)(C)C=Cn1ncc(C(=O)NC2C3CCCC2CC(C(N)=O)C3)c1OCC(C)C. The second kappa shape index (κ2) is 11.1. The van der Waals surface area contributed by atoms with Gasteiger partial charge < -0.3 is 25.8 Å². The lowest BCUT2D eigenvalue weighted by Crippen LogP contribution is -2.52. The van der Waals surface area contributed by atoms with Crippen LogP contribution < -0.4 is 21.1 Å². The van der Waals surface area contributed by atoms with Gasteiger partial charge in [0.25, 0.3) is 5.91 Å². The van der Waals surface area contributed by atoms with Crippen molar-refractivity contribution >= 4 is 24.1 Å². The summed E-state index contributed by atoms with van der Waals surface area (Å²) in [4.78, 5) is 36.8. The molecule has 2 aliphatic carbocycles. The van der Waals surface area contributed by atoms with E-state index in [1.807, 2.05) is 27.7 Å². The summed E-state index contributed by atoms with van der Waals surface area (Å²) in [7, 11) is 1.31. The molecule has 2 bridgehead atoms. The Morgan fingerprint density at radius 1 is 1.26 bits per heavy atom. The number of rotatable bonds is 9. The maximum Gasteiger partial charge on any atom is 0.407 e. The van der Waals surface area contributed by atoms with Gasteiger partial charge in [-0.25, -0.2) is 9.48 Å². The molecule has 4 N–H and O–H groups in total. The van der Waals surface area contributed by atoms with Gasteiger partial charge in [-0.3, -0.25) is 9.59 Å². The predicted octanol–water partition coefficient (Wildman–Crippen LogP) is 2.93. The Morgan fingerprint density at radius 2 is 1.91 bits per heavy atom. The molecular weight excluding hydrogens is 450 g/mol. The van der Waals surface area contributed by atoms with E-state index in [0.29, 0.717) is 18.1 Å². The molecule has 2 aliphatic rings. The van der Waals surface area contributed by atoms with Crippen LogP contribution in [0.1, 0.15) is 70.2 Å². The molecule has 3 rings (SSSR count). The second-order valence-corrected chi connectivity index (χ2v) is 10.7. The van der Waals surface area contributed by atoms with Gasteiger partial charge in [-0.2, -0.15) is 5.10 Å². The summed E-state index contributed by atoms with van der Waals surface area (Å²) in [6.07, 6.45) is 8.86. The zero-order chi connectivity index (χ0) is 25.8. The summed E-state index contributed by atoms with van der Waals surface area (Å²) < 4.78 is 12.2. The Balaban J connectivity index is 1.80. The van der Waals surface area contributed by atoms with Gasteiger partial charge in [0, 0.05) is 18.2 Å². The van der Waals surface area contributed by atoms with Crippen molar-refractivity contribution in [3.05, 3.63) is 17.8 Å². The largest absolute Gasteiger partial charge is 0.477 e. The van der Waals surface area contributed by atoms with Crippen LogP contribution in [0.5, 0.6) is 5.88 Å². The van der Waals surface area contributed by atoms with Gasteiger partial charge in [-0.15, -0.1) is 0 Å². The molecule has 35 heavy (non-hydrogen) atoms. The molecule has 1 heterocycles. The Bertz CT molecular complexity index is 940. The van der Waals surface area contributed by atoms with Crippen molar-refractivity contribution < 1.29 is 23.9 Å². The average Bonchev–Trinajstić information content (AvgIpc) is 3.18. The first-order chi connectivity index (χ1) is 16.5. The van der Waals surface area contributed by atoms with Gasteiger partial charge >= 0.3 is 6.09 Å². The first-order valence-corrected chi connectivity index (χ1v) is 12.4. The number of ether oxygens (including phenoxy) is 2. The van der Waals surface area contributed by atoms with E-state index in [4.69, 9.17) is 10.5 Å². The molecule has 2 atom stereocenters. The highest BCUT2D eigenvalue weighted by molar-refractivity contribution is 5.96. The van der Waals surface area contributed by atoms with Crippen LogP contribution in [0, 0.1) is 23.7 Å². The molecule has 1 aromatic heterocycles. The fourth-order valence-electron chi connectivity index (χ4n) is 5.05. The van der Waals surface area contributed by atoms with Crippen LogP contribution in [-0.2, 0) is 9.53 Å². The lowest BCUT2D eigenvalue weighted by atomic mass is 9.64. The number of nitrogens with one attached hydrogen (secondary N) is 2. The van der Waals surface area contributed by atoms with Gasteiger partial charge in [0.05, 0.1) is 25.5 Å². The summed E-state index contributed by atoms with van der Waals surface area (Å²) in [5, 5.41) is 10.3. The van der Waals surface area contributed by atoms with E-state index in [0.717, 1.165) is 32.1 Å². The first-order valence-electron chi connectivity index (χ1n) is 12.4. The molecule has 2 fully saturated rings. The minimum atomic E-state index is -0.715. The van der Waals surface area contributed by atoms with E-state index < -0.39 is 11.6 Å². The maximum atomic E-state index is 13.4. The van der Waals surface area contributed by atoms with Crippen molar-refractivity contribution in [2.45, 2.75) is 71.4 Å². The van der Waals surface area contributed by atoms with E-state index in [2.05, 4.69) is 20.5 Å². The number of alkyl carbamates (subject to hydrolysis) is 1. The molecule has 0 radical (unpaired) electrons. The minimum Gasteiger partial charge on any atom is -0.477 e. The van der Waals surface area contributed by atoms with E-state index in [1.54, 1.807) is 12.3 Å². The molecule has 2 unspecified atom stereocenters.